The smallest absolute Gasteiger partial charge is 0.170 e. The molecule has 1 saturated carbocycles. The lowest BCUT2D eigenvalue weighted by molar-refractivity contribution is 0.153. The molecule has 5 aromatic carbocycles. The summed E-state index contributed by atoms with van der Waals surface area (Å²) in [6.07, 6.45) is 17.6. The van der Waals surface area contributed by atoms with Crippen LogP contribution < -0.4 is 15.3 Å². The van der Waals surface area contributed by atoms with Crippen molar-refractivity contribution in [1.29, 1.82) is 0 Å². The molecule has 69 heavy (non-hydrogen) atoms. The molecule has 4 aliphatic carbocycles. The van der Waals surface area contributed by atoms with Gasteiger partial charge in [-0.2, -0.15) is 0 Å². The number of allylic oxidation sites excluding steroid dienone is 7. The van der Waals surface area contributed by atoms with E-state index < -0.39 is 0 Å². The second kappa shape index (κ2) is 15.8. The predicted molar refractivity (Wildman–Crippen MR) is 300 cm³/mol. The molecule has 2 bridgehead atoms. The van der Waals surface area contributed by atoms with Gasteiger partial charge in [-0.1, -0.05) is 204 Å². The van der Waals surface area contributed by atoms with Crippen molar-refractivity contribution in [2.75, 3.05) is 9.80 Å². The average molecular weight is 930 g/mol. The summed E-state index contributed by atoms with van der Waals surface area (Å²) in [5.74, 6) is 0.275. The first-order valence-corrected chi connectivity index (χ1v) is 26.7. The summed E-state index contributed by atoms with van der Waals surface area (Å²) in [7, 11) is 0.934. The third-order valence-electron chi connectivity index (χ3n) is 18.0. The van der Waals surface area contributed by atoms with E-state index in [1.165, 1.54) is 103 Å². The lowest BCUT2D eigenvalue weighted by atomic mass is 9.51. The summed E-state index contributed by atoms with van der Waals surface area (Å²) >= 11 is 7.74. The number of hydrogen-bond donors (Lipinski definition) is 0. The van der Waals surface area contributed by atoms with E-state index in [-0.39, 0.29) is 38.4 Å². The Labute approximate surface area is 420 Å². The normalized spacial score (nSPS) is 23.6. The van der Waals surface area contributed by atoms with Gasteiger partial charge in [0.1, 0.15) is 0 Å². The maximum absolute atomic E-state index is 7.74. The molecular formula is C65H74BClN2. The van der Waals surface area contributed by atoms with E-state index in [4.69, 9.17) is 11.6 Å². The first-order chi connectivity index (χ1) is 32.5. The standard InChI is InChI=1S/C65H74BClN2/c1-60(2,3)42-26-27-48-52(34-42)63(10,11)51-28-29-54-59(56(48)51)68(57-49(40-22-16-14-17-23-40)32-43(61(4,5)6)33-50(57)41-24-18-15-19-25-41)46-37-45(67)38-47(39-46)69-58-53(64(12)30-20-21-31-65(64,69)13)35-44(62(7,8)9)36-55(58)66-54/h14-18,22-24,26-29,32-35,37-39,55,66H,19-21,25,30-31,36H2,1-13H3. The van der Waals surface area contributed by atoms with Crippen molar-refractivity contribution in [3.05, 3.63) is 165 Å². The maximum atomic E-state index is 7.74. The molecule has 2 heterocycles. The molecule has 0 amide bonds. The van der Waals surface area contributed by atoms with Gasteiger partial charge in [0.15, 0.2) is 7.28 Å². The van der Waals surface area contributed by atoms with Crippen molar-refractivity contribution < 1.29 is 0 Å². The van der Waals surface area contributed by atoms with E-state index in [0.29, 0.717) is 0 Å². The zero-order chi connectivity index (χ0) is 48.8. The van der Waals surface area contributed by atoms with Crippen LogP contribution in [0.2, 0.25) is 10.8 Å². The molecule has 0 aromatic heterocycles. The highest BCUT2D eigenvalue weighted by Crippen LogP contribution is 2.66. The molecule has 2 nitrogen and oxygen atoms in total. The van der Waals surface area contributed by atoms with Crippen molar-refractivity contribution >= 4 is 52.7 Å². The van der Waals surface area contributed by atoms with Gasteiger partial charge in [0.25, 0.3) is 0 Å². The van der Waals surface area contributed by atoms with Crippen LogP contribution in [0.3, 0.4) is 0 Å². The highest BCUT2D eigenvalue weighted by Gasteiger charge is 2.60. The first-order valence-electron chi connectivity index (χ1n) is 26.3. The second-order valence-corrected chi connectivity index (χ2v) is 26.2. The molecular weight excluding hydrogens is 855 g/mol. The summed E-state index contributed by atoms with van der Waals surface area (Å²) in [4.78, 5) is 5.60. The SMILES string of the molecule is CC(C)(C)C1=CC2=C3C(Bc4ccc5c(c4N(c4c(C6=CC=CCC6)cc(C(C)(C)C)cc4-c4ccccc4)c4cc(Cl)cc(c4)N3C3(C)CCCCC23C)-c2ccc(C(C)(C)C)cc2C5(C)C)C1. The summed E-state index contributed by atoms with van der Waals surface area (Å²) in [5.41, 5.74) is 24.1. The van der Waals surface area contributed by atoms with Gasteiger partial charge in [-0.15, -0.1) is 0 Å². The molecule has 11 rings (SSSR count). The molecule has 1 fully saturated rings. The Morgan fingerprint density at radius 3 is 2.07 bits per heavy atom. The lowest BCUT2D eigenvalue weighted by Gasteiger charge is -2.52. The van der Waals surface area contributed by atoms with Crippen LogP contribution in [0.1, 0.15) is 163 Å². The van der Waals surface area contributed by atoms with Crippen LogP contribution in [-0.4, -0.2) is 12.8 Å². The Morgan fingerprint density at radius 1 is 0.667 bits per heavy atom. The minimum atomic E-state index is -0.219. The monoisotopic (exact) mass is 929 g/mol. The van der Waals surface area contributed by atoms with E-state index in [1.54, 1.807) is 11.1 Å². The lowest BCUT2D eigenvalue weighted by Crippen LogP contribution is -2.54. The Hall–Kier alpha value is -4.99. The predicted octanol–water partition coefficient (Wildman–Crippen LogP) is 17.8. The minimum absolute atomic E-state index is 0.00211. The quantitative estimate of drug-likeness (QED) is 0.166. The largest absolute Gasteiger partial charge is 0.338 e. The first kappa shape index (κ1) is 46.4. The topological polar surface area (TPSA) is 6.48 Å². The number of fused-ring (bicyclic) bond motifs is 11. The van der Waals surface area contributed by atoms with Gasteiger partial charge in [-0.25, -0.2) is 0 Å². The van der Waals surface area contributed by atoms with Crippen molar-refractivity contribution in [2.24, 2.45) is 10.8 Å². The number of nitrogens with zero attached hydrogens (tertiary/aromatic N) is 2. The van der Waals surface area contributed by atoms with Crippen LogP contribution in [0.4, 0.5) is 22.7 Å². The fraction of sp³-hybridized carbons (Fsp3) is 0.415. The highest BCUT2D eigenvalue weighted by atomic mass is 35.5. The summed E-state index contributed by atoms with van der Waals surface area (Å²) in [5, 5.41) is 0.778. The third kappa shape index (κ3) is 7.16. The number of rotatable bonds is 3. The fourth-order valence-electron chi connectivity index (χ4n) is 13.7. The number of benzene rings is 5. The van der Waals surface area contributed by atoms with Gasteiger partial charge in [0.2, 0.25) is 0 Å². The van der Waals surface area contributed by atoms with E-state index in [9.17, 15) is 0 Å². The molecule has 5 aromatic rings. The summed E-state index contributed by atoms with van der Waals surface area (Å²) < 4.78 is 0. The minimum Gasteiger partial charge on any atom is -0.338 e. The van der Waals surface area contributed by atoms with Crippen molar-refractivity contribution in [2.45, 2.75) is 163 Å². The number of anilines is 4. The van der Waals surface area contributed by atoms with Crippen LogP contribution in [0.5, 0.6) is 0 Å². The van der Waals surface area contributed by atoms with E-state index >= 15 is 0 Å². The molecule has 0 spiro atoms. The molecule has 2 aliphatic heterocycles. The number of hydrogen-bond acceptors (Lipinski definition) is 2. The van der Waals surface area contributed by atoms with Gasteiger partial charge in [-0.3, -0.25) is 0 Å². The second-order valence-electron chi connectivity index (χ2n) is 25.8. The van der Waals surface area contributed by atoms with Crippen LogP contribution in [0, 0.1) is 10.8 Å². The molecule has 3 atom stereocenters. The van der Waals surface area contributed by atoms with E-state index in [0.717, 1.165) is 43.7 Å². The van der Waals surface area contributed by atoms with Crippen molar-refractivity contribution in [1.82, 2.24) is 0 Å². The van der Waals surface area contributed by atoms with Gasteiger partial charge in [0.05, 0.1) is 11.2 Å². The molecule has 0 N–H and O–H groups in total. The van der Waals surface area contributed by atoms with Gasteiger partial charge >= 0.3 is 0 Å². The number of halogens is 1. The van der Waals surface area contributed by atoms with Crippen LogP contribution in [0.25, 0.3) is 27.8 Å². The molecule has 0 saturated heterocycles. The van der Waals surface area contributed by atoms with Crippen LogP contribution in [-0.2, 0) is 16.2 Å². The summed E-state index contributed by atoms with van der Waals surface area (Å²) in [6.45, 7) is 31.6. The average Bonchev–Trinajstić information content (AvgIpc) is 3.66. The zero-order valence-electron chi connectivity index (χ0n) is 44.0. The van der Waals surface area contributed by atoms with Gasteiger partial charge in [-0.05, 0) is 136 Å². The molecule has 3 unspecified atom stereocenters. The van der Waals surface area contributed by atoms with Crippen molar-refractivity contribution in [3.8, 4) is 22.3 Å². The third-order valence-corrected chi connectivity index (χ3v) is 18.2. The Morgan fingerprint density at radius 2 is 1.38 bits per heavy atom. The van der Waals surface area contributed by atoms with E-state index in [2.05, 4.69) is 215 Å². The maximum Gasteiger partial charge on any atom is 0.170 e. The van der Waals surface area contributed by atoms with Crippen molar-refractivity contribution in [3.63, 3.8) is 0 Å². The molecule has 6 aliphatic rings. The van der Waals surface area contributed by atoms with E-state index in [1.807, 2.05) is 0 Å². The van der Waals surface area contributed by atoms with Gasteiger partial charge in [0, 0.05) is 55.3 Å². The highest BCUT2D eigenvalue weighted by molar-refractivity contribution is 6.59. The molecule has 354 valence electrons. The summed E-state index contributed by atoms with van der Waals surface area (Å²) in [6, 6.07) is 36.0. The Balaban J connectivity index is 1.33. The van der Waals surface area contributed by atoms with Gasteiger partial charge < -0.3 is 9.80 Å². The zero-order valence-corrected chi connectivity index (χ0v) is 44.7. The van der Waals surface area contributed by atoms with Crippen LogP contribution >= 0.6 is 11.6 Å². The van der Waals surface area contributed by atoms with Crippen LogP contribution in [0.15, 0.2) is 132 Å². The fourth-order valence-corrected chi connectivity index (χ4v) is 13.9. The Bertz CT molecular complexity index is 3080. The molecule has 4 heteroatoms. The Kier molecular flexibility index (Phi) is 10.6. The molecule has 0 radical (unpaired) electrons.